The fourth-order valence-corrected chi connectivity index (χ4v) is 1.47. The molecule has 0 bridgehead atoms. The molecular weight excluding hydrogens is 233 g/mol. The molecule has 0 aromatic heterocycles. The molecular formula is C11H13ClFNO2. The van der Waals surface area contributed by atoms with E-state index in [2.05, 4.69) is 5.32 Å². The molecule has 1 aromatic carbocycles. The van der Waals surface area contributed by atoms with Gasteiger partial charge in [0, 0.05) is 20.3 Å². The molecule has 0 fully saturated rings. The smallest absolute Gasteiger partial charge is 0.255 e. The molecule has 1 amide bonds. The molecule has 3 nitrogen and oxygen atoms in total. The highest BCUT2D eigenvalue weighted by atomic mass is 35.5. The number of hydrogen-bond donors (Lipinski definition) is 1. The fraction of sp³-hybridized carbons (Fsp3) is 0.364. The molecule has 16 heavy (non-hydrogen) atoms. The minimum Gasteiger partial charge on any atom is -0.385 e. The second-order valence-corrected chi connectivity index (χ2v) is 3.61. The summed E-state index contributed by atoms with van der Waals surface area (Å²) in [5.74, 6) is -1.11. The quantitative estimate of drug-likeness (QED) is 0.808. The number of carbonyl (C=O) groups is 1. The van der Waals surface area contributed by atoms with Gasteiger partial charge in [0.2, 0.25) is 0 Å². The van der Waals surface area contributed by atoms with E-state index in [0.717, 1.165) is 0 Å². The normalized spacial score (nSPS) is 10.2. The summed E-state index contributed by atoms with van der Waals surface area (Å²) >= 11 is 5.74. The van der Waals surface area contributed by atoms with E-state index < -0.39 is 11.7 Å². The number of benzene rings is 1. The van der Waals surface area contributed by atoms with Crippen molar-refractivity contribution in [3.63, 3.8) is 0 Å². The van der Waals surface area contributed by atoms with Crippen LogP contribution in [0.1, 0.15) is 16.8 Å². The van der Waals surface area contributed by atoms with Gasteiger partial charge < -0.3 is 10.1 Å². The number of nitrogens with one attached hydrogen (secondary N) is 1. The van der Waals surface area contributed by atoms with Crippen molar-refractivity contribution in [3.8, 4) is 0 Å². The molecule has 0 saturated carbocycles. The summed E-state index contributed by atoms with van der Waals surface area (Å²) in [7, 11) is 1.58. The number of ether oxygens (including phenoxy) is 1. The Morgan fingerprint density at radius 3 is 2.94 bits per heavy atom. The molecule has 0 aliphatic heterocycles. The topological polar surface area (TPSA) is 38.3 Å². The molecule has 0 spiro atoms. The van der Waals surface area contributed by atoms with E-state index in [9.17, 15) is 9.18 Å². The highest BCUT2D eigenvalue weighted by Gasteiger charge is 2.14. The molecule has 88 valence electrons. The number of carbonyl (C=O) groups excluding carboxylic acids is 1. The Kier molecular flexibility index (Phi) is 5.22. The van der Waals surface area contributed by atoms with Crippen molar-refractivity contribution in [1.82, 2.24) is 5.32 Å². The van der Waals surface area contributed by atoms with Crippen LogP contribution >= 0.6 is 11.6 Å². The molecule has 0 heterocycles. The summed E-state index contributed by atoms with van der Waals surface area (Å²) < 4.78 is 18.1. The molecule has 0 saturated heterocycles. The Balaban J connectivity index is 2.59. The first kappa shape index (κ1) is 12.9. The van der Waals surface area contributed by atoms with Gasteiger partial charge in [-0.25, -0.2) is 4.39 Å². The van der Waals surface area contributed by atoms with Gasteiger partial charge >= 0.3 is 0 Å². The summed E-state index contributed by atoms with van der Waals surface area (Å²) in [5, 5.41) is 2.69. The van der Waals surface area contributed by atoms with Crippen molar-refractivity contribution in [1.29, 1.82) is 0 Å². The second-order valence-electron chi connectivity index (χ2n) is 3.20. The summed E-state index contributed by atoms with van der Waals surface area (Å²) in [6.45, 7) is 0.975. The van der Waals surface area contributed by atoms with Gasteiger partial charge in [0.15, 0.2) is 0 Å². The Morgan fingerprint density at radius 1 is 1.56 bits per heavy atom. The van der Waals surface area contributed by atoms with Crippen LogP contribution in [0.2, 0.25) is 5.02 Å². The van der Waals surface area contributed by atoms with E-state index in [1.807, 2.05) is 0 Å². The highest BCUT2D eigenvalue weighted by molar-refractivity contribution is 6.33. The van der Waals surface area contributed by atoms with Crippen LogP contribution < -0.4 is 5.32 Å². The highest BCUT2D eigenvalue weighted by Crippen LogP contribution is 2.18. The Bertz CT molecular complexity index is 351. The first-order valence-electron chi connectivity index (χ1n) is 4.88. The monoisotopic (exact) mass is 245 g/mol. The summed E-state index contributed by atoms with van der Waals surface area (Å²) in [6, 6.07) is 4.14. The average Bonchev–Trinajstić information content (AvgIpc) is 2.24. The zero-order valence-electron chi connectivity index (χ0n) is 8.93. The number of amides is 1. The van der Waals surface area contributed by atoms with Gasteiger partial charge in [0.1, 0.15) is 5.82 Å². The van der Waals surface area contributed by atoms with E-state index >= 15 is 0 Å². The van der Waals surface area contributed by atoms with Gasteiger partial charge in [-0.15, -0.1) is 0 Å². The Hall–Kier alpha value is -1.13. The molecule has 0 aliphatic carbocycles. The molecule has 0 aliphatic rings. The maximum Gasteiger partial charge on any atom is 0.255 e. The van der Waals surface area contributed by atoms with Gasteiger partial charge in [-0.3, -0.25) is 4.79 Å². The molecule has 1 aromatic rings. The molecule has 1 rings (SSSR count). The van der Waals surface area contributed by atoms with Crippen LogP contribution in [-0.4, -0.2) is 26.2 Å². The lowest BCUT2D eigenvalue weighted by molar-refractivity contribution is 0.0945. The number of rotatable bonds is 5. The summed E-state index contributed by atoms with van der Waals surface area (Å²) in [5.41, 5.74) is -0.110. The van der Waals surface area contributed by atoms with Crippen LogP contribution in [0, 0.1) is 5.82 Å². The lowest BCUT2D eigenvalue weighted by Gasteiger charge is -2.07. The van der Waals surface area contributed by atoms with E-state index in [0.29, 0.717) is 19.6 Å². The summed E-state index contributed by atoms with van der Waals surface area (Å²) in [4.78, 5) is 11.6. The van der Waals surface area contributed by atoms with Gasteiger partial charge in [-0.1, -0.05) is 17.7 Å². The van der Waals surface area contributed by atoms with Crippen LogP contribution in [0.5, 0.6) is 0 Å². The van der Waals surface area contributed by atoms with Gasteiger partial charge in [0.05, 0.1) is 10.6 Å². The van der Waals surface area contributed by atoms with Crippen molar-refractivity contribution in [2.45, 2.75) is 6.42 Å². The van der Waals surface area contributed by atoms with Crippen molar-refractivity contribution in [2.24, 2.45) is 0 Å². The first-order chi connectivity index (χ1) is 7.66. The van der Waals surface area contributed by atoms with Crippen LogP contribution in [-0.2, 0) is 4.74 Å². The fourth-order valence-electron chi connectivity index (χ4n) is 1.22. The molecule has 0 unspecified atom stereocenters. The number of halogens is 2. The standard InChI is InChI=1S/C11H13ClFNO2/c1-16-7-3-6-14-11(15)10-8(12)4-2-5-9(10)13/h2,4-5H,3,6-7H2,1H3,(H,14,15). The van der Waals surface area contributed by atoms with Crippen molar-refractivity contribution < 1.29 is 13.9 Å². The Morgan fingerprint density at radius 2 is 2.31 bits per heavy atom. The Labute approximate surface area is 98.5 Å². The maximum absolute atomic E-state index is 13.3. The third-order valence-corrected chi connectivity index (χ3v) is 2.32. The predicted molar refractivity (Wildman–Crippen MR) is 60.2 cm³/mol. The van der Waals surface area contributed by atoms with Crippen LogP contribution in [0.15, 0.2) is 18.2 Å². The van der Waals surface area contributed by atoms with Crippen LogP contribution in [0.4, 0.5) is 4.39 Å². The second kappa shape index (κ2) is 6.45. The number of hydrogen-bond acceptors (Lipinski definition) is 2. The van der Waals surface area contributed by atoms with Crippen molar-refractivity contribution >= 4 is 17.5 Å². The minimum atomic E-state index is -0.614. The van der Waals surface area contributed by atoms with E-state index in [1.165, 1.54) is 18.2 Å². The van der Waals surface area contributed by atoms with Crippen LogP contribution in [0.3, 0.4) is 0 Å². The lowest BCUT2D eigenvalue weighted by Crippen LogP contribution is -2.26. The summed E-state index contributed by atoms with van der Waals surface area (Å²) in [6.07, 6.45) is 0.675. The third-order valence-electron chi connectivity index (χ3n) is 2.00. The maximum atomic E-state index is 13.3. The van der Waals surface area contributed by atoms with E-state index in [1.54, 1.807) is 7.11 Å². The third kappa shape index (κ3) is 3.47. The van der Waals surface area contributed by atoms with Crippen molar-refractivity contribution in [2.75, 3.05) is 20.3 Å². The van der Waals surface area contributed by atoms with Crippen molar-refractivity contribution in [3.05, 3.63) is 34.6 Å². The zero-order valence-corrected chi connectivity index (χ0v) is 9.68. The van der Waals surface area contributed by atoms with Gasteiger partial charge in [-0.2, -0.15) is 0 Å². The lowest BCUT2D eigenvalue weighted by atomic mass is 10.2. The van der Waals surface area contributed by atoms with Gasteiger partial charge in [0.25, 0.3) is 5.91 Å². The molecule has 5 heteroatoms. The molecule has 0 atom stereocenters. The predicted octanol–water partition coefficient (Wildman–Crippen LogP) is 2.25. The zero-order chi connectivity index (χ0) is 12.0. The van der Waals surface area contributed by atoms with Gasteiger partial charge in [-0.05, 0) is 18.6 Å². The molecule has 0 radical (unpaired) electrons. The largest absolute Gasteiger partial charge is 0.385 e. The molecule has 1 N–H and O–H groups in total. The first-order valence-corrected chi connectivity index (χ1v) is 5.25. The van der Waals surface area contributed by atoms with E-state index in [-0.39, 0.29) is 10.6 Å². The number of methoxy groups -OCH3 is 1. The van der Waals surface area contributed by atoms with Crippen LogP contribution in [0.25, 0.3) is 0 Å². The van der Waals surface area contributed by atoms with E-state index in [4.69, 9.17) is 16.3 Å². The average molecular weight is 246 g/mol. The SMILES string of the molecule is COCCCNC(=O)c1c(F)cccc1Cl. The minimum absolute atomic E-state index is 0.110.